The summed E-state index contributed by atoms with van der Waals surface area (Å²) in [6.07, 6.45) is -1.98. The standard InChI is InChI=1S/C19H15Cl4F3O2/c20-15-10-14(27-8-6-17(22)23)11-16(21)18(15)28-7-2-4-12-3-1-5-13(9-12)19(24,25)26/h1,3,5-6,9-11H,2,4,7-8H2. The monoisotopic (exact) mass is 472 g/mol. The SMILES string of the molecule is FC(F)(F)c1cccc(CCCOc2c(Cl)cc(OCC=C(Cl)Cl)cc2Cl)c1. The summed E-state index contributed by atoms with van der Waals surface area (Å²) < 4.78 is 49.3. The van der Waals surface area contributed by atoms with Crippen molar-refractivity contribution in [3.63, 3.8) is 0 Å². The Morgan fingerprint density at radius 1 is 1.00 bits per heavy atom. The molecule has 2 aromatic carbocycles. The van der Waals surface area contributed by atoms with Crippen LogP contribution in [0.2, 0.25) is 10.0 Å². The molecule has 0 saturated carbocycles. The van der Waals surface area contributed by atoms with Gasteiger partial charge >= 0.3 is 6.18 Å². The Morgan fingerprint density at radius 3 is 2.29 bits per heavy atom. The number of aryl methyl sites for hydroxylation is 1. The minimum Gasteiger partial charge on any atom is -0.490 e. The van der Waals surface area contributed by atoms with Crippen LogP contribution in [0.4, 0.5) is 13.2 Å². The van der Waals surface area contributed by atoms with E-state index in [1.807, 2.05) is 0 Å². The molecule has 0 heterocycles. The highest BCUT2D eigenvalue weighted by Crippen LogP contribution is 2.37. The molecule has 0 aliphatic carbocycles. The average Bonchev–Trinajstić information content (AvgIpc) is 2.59. The lowest BCUT2D eigenvalue weighted by atomic mass is 10.1. The van der Waals surface area contributed by atoms with E-state index in [1.54, 1.807) is 6.07 Å². The third-order valence-corrected chi connectivity index (χ3v) is 4.44. The second-order valence-electron chi connectivity index (χ2n) is 5.67. The van der Waals surface area contributed by atoms with Crippen LogP contribution in [-0.4, -0.2) is 13.2 Å². The summed E-state index contributed by atoms with van der Waals surface area (Å²) in [5.74, 6) is 0.697. The van der Waals surface area contributed by atoms with Gasteiger partial charge in [-0.3, -0.25) is 0 Å². The molecule has 0 fully saturated rings. The molecule has 0 N–H and O–H groups in total. The van der Waals surface area contributed by atoms with E-state index in [-0.39, 0.29) is 33.5 Å². The first-order valence-corrected chi connectivity index (χ1v) is 9.60. The molecule has 0 saturated heterocycles. The van der Waals surface area contributed by atoms with E-state index < -0.39 is 11.7 Å². The van der Waals surface area contributed by atoms with Gasteiger partial charge in [-0.25, -0.2) is 0 Å². The molecular formula is C19H15Cl4F3O2. The fraction of sp³-hybridized carbons (Fsp3) is 0.263. The Labute approximate surface area is 180 Å². The van der Waals surface area contributed by atoms with Crippen molar-refractivity contribution in [1.82, 2.24) is 0 Å². The van der Waals surface area contributed by atoms with Crippen molar-refractivity contribution in [2.24, 2.45) is 0 Å². The predicted molar refractivity (Wildman–Crippen MR) is 107 cm³/mol. The topological polar surface area (TPSA) is 18.5 Å². The van der Waals surface area contributed by atoms with Crippen LogP contribution in [0.5, 0.6) is 11.5 Å². The maximum Gasteiger partial charge on any atom is 0.416 e. The van der Waals surface area contributed by atoms with Gasteiger partial charge in [0, 0.05) is 12.1 Å². The number of hydrogen-bond acceptors (Lipinski definition) is 2. The van der Waals surface area contributed by atoms with E-state index in [0.717, 1.165) is 12.1 Å². The highest BCUT2D eigenvalue weighted by molar-refractivity contribution is 6.55. The average molecular weight is 474 g/mol. The van der Waals surface area contributed by atoms with Crippen LogP contribution in [0.25, 0.3) is 0 Å². The lowest BCUT2D eigenvalue weighted by Gasteiger charge is -2.12. The molecule has 0 bridgehead atoms. The Hall–Kier alpha value is -1.27. The van der Waals surface area contributed by atoms with Crippen LogP contribution in [0.15, 0.2) is 47.0 Å². The van der Waals surface area contributed by atoms with Gasteiger partial charge < -0.3 is 9.47 Å². The minimum absolute atomic E-state index is 0.0814. The molecule has 0 aliphatic rings. The smallest absolute Gasteiger partial charge is 0.416 e. The molecular weight excluding hydrogens is 459 g/mol. The largest absolute Gasteiger partial charge is 0.490 e. The zero-order valence-electron chi connectivity index (χ0n) is 14.3. The van der Waals surface area contributed by atoms with Crippen molar-refractivity contribution in [2.45, 2.75) is 19.0 Å². The fourth-order valence-corrected chi connectivity index (χ4v) is 3.01. The van der Waals surface area contributed by atoms with Gasteiger partial charge in [0.2, 0.25) is 0 Å². The molecule has 0 spiro atoms. The van der Waals surface area contributed by atoms with E-state index in [9.17, 15) is 13.2 Å². The van der Waals surface area contributed by atoms with Crippen LogP contribution in [0, 0.1) is 0 Å². The number of ether oxygens (including phenoxy) is 2. The van der Waals surface area contributed by atoms with Gasteiger partial charge in [-0.05, 0) is 30.5 Å². The molecule has 0 aromatic heterocycles. The molecule has 152 valence electrons. The Bertz CT molecular complexity index is 811. The van der Waals surface area contributed by atoms with Gasteiger partial charge in [-0.2, -0.15) is 13.2 Å². The van der Waals surface area contributed by atoms with Crippen molar-refractivity contribution in [2.75, 3.05) is 13.2 Å². The number of rotatable bonds is 8. The zero-order valence-corrected chi connectivity index (χ0v) is 17.4. The normalized spacial score (nSPS) is 11.2. The summed E-state index contributed by atoms with van der Waals surface area (Å²) in [5.41, 5.74) is -0.0942. The van der Waals surface area contributed by atoms with Crippen molar-refractivity contribution >= 4 is 46.4 Å². The van der Waals surface area contributed by atoms with Gasteiger partial charge in [0.05, 0.1) is 22.2 Å². The van der Waals surface area contributed by atoms with Crippen LogP contribution < -0.4 is 9.47 Å². The van der Waals surface area contributed by atoms with Gasteiger partial charge in [-0.1, -0.05) is 64.6 Å². The van der Waals surface area contributed by atoms with Crippen LogP contribution >= 0.6 is 46.4 Å². The maximum atomic E-state index is 12.7. The number of alkyl halides is 3. The lowest BCUT2D eigenvalue weighted by molar-refractivity contribution is -0.137. The Kier molecular flexibility index (Phi) is 8.62. The highest BCUT2D eigenvalue weighted by atomic mass is 35.5. The van der Waals surface area contributed by atoms with Crippen molar-refractivity contribution in [1.29, 1.82) is 0 Å². The maximum absolute atomic E-state index is 12.7. The molecule has 9 heteroatoms. The molecule has 0 radical (unpaired) electrons. The van der Waals surface area contributed by atoms with Gasteiger partial charge in [0.15, 0.2) is 5.75 Å². The van der Waals surface area contributed by atoms with Crippen LogP contribution in [-0.2, 0) is 12.6 Å². The molecule has 0 unspecified atom stereocenters. The van der Waals surface area contributed by atoms with Crippen molar-refractivity contribution in [3.05, 3.63) is 68.1 Å². The Morgan fingerprint density at radius 2 is 1.68 bits per heavy atom. The van der Waals surface area contributed by atoms with Crippen molar-refractivity contribution in [3.8, 4) is 11.5 Å². The second kappa shape index (κ2) is 10.5. The summed E-state index contributed by atoms with van der Waals surface area (Å²) in [4.78, 5) is 0. The lowest BCUT2D eigenvalue weighted by Crippen LogP contribution is -2.06. The third-order valence-electron chi connectivity index (χ3n) is 3.57. The molecule has 2 aromatic rings. The van der Waals surface area contributed by atoms with Gasteiger partial charge in [-0.15, -0.1) is 0 Å². The first kappa shape index (κ1) is 23.0. The molecule has 2 nitrogen and oxygen atoms in total. The minimum atomic E-state index is -4.36. The van der Waals surface area contributed by atoms with Gasteiger partial charge in [0.25, 0.3) is 0 Å². The zero-order chi connectivity index (χ0) is 20.7. The van der Waals surface area contributed by atoms with E-state index in [2.05, 4.69) is 0 Å². The van der Waals surface area contributed by atoms with Crippen LogP contribution in [0.1, 0.15) is 17.5 Å². The van der Waals surface area contributed by atoms with Gasteiger partial charge in [0.1, 0.15) is 16.8 Å². The quantitative estimate of drug-likeness (QED) is 0.365. The number of halogens is 7. The fourth-order valence-electron chi connectivity index (χ4n) is 2.31. The number of hydrogen-bond donors (Lipinski definition) is 0. The van der Waals surface area contributed by atoms with E-state index in [1.165, 1.54) is 24.3 Å². The summed E-state index contributed by atoms with van der Waals surface area (Å²) in [5, 5.41) is 0.505. The molecule has 0 atom stereocenters. The second-order valence-corrected chi connectivity index (χ2v) is 7.49. The molecule has 0 amide bonds. The van der Waals surface area contributed by atoms with Crippen LogP contribution in [0.3, 0.4) is 0 Å². The third kappa shape index (κ3) is 7.28. The van der Waals surface area contributed by atoms with E-state index >= 15 is 0 Å². The summed E-state index contributed by atoms with van der Waals surface area (Å²) in [6.45, 7) is 0.382. The first-order valence-electron chi connectivity index (χ1n) is 8.09. The summed E-state index contributed by atoms with van der Waals surface area (Å²) >= 11 is 23.3. The Balaban J connectivity index is 1.90. The van der Waals surface area contributed by atoms with E-state index in [0.29, 0.717) is 24.2 Å². The summed E-state index contributed by atoms with van der Waals surface area (Å²) in [7, 11) is 0. The molecule has 0 aliphatic heterocycles. The van der Waals surface area contributed by atoms with Crippen molar-refractivity contribution < 1.29 is 22.6 Å². The van der Waals surface area contributed by atoms with E-state index in [4.69, 9.17) is 55.9 Å². The first-order chi connectivity index (χ1) is 13.2. The predicted octanol–water partition coefficient (Wildman–Crippen LogP) is 7.72. The highest BCUT2D eigenvalue weighted by Gasteiger charge is 2.30. The molecule has 28 heavy (non-hydrogen) atoms. The number of benzene rings is 2. The summed E-state index contributed by atoms with van der Waals surface area (Å²) in [6, 6.07) is 8.27. The molecule has 2 rings (SSSR count).